The van der Waals surface area contributed by atoms with E-state index in [0.29, 0.717) is 32.1 Å². The van der Waals surface area contributed by atoms with E-state index < -0.39 is 119 Å². The van der Waals surface area contributed by atoms with Crippen LogP contribution in [0.1, 0.15) is 125 Å². The van der Waals surface area contributed by atoms with Crippen LogP contribution >= 0.6 is 0 Å². The van der Waals surface area contributed by atoms with Crippen molar-refractivity contribution in [2.24, 2.45) is 83.0 Å². The zero-order valence-corrected chi connectivity index (χ0v) is 49.0. The number of hydrogen-bond donors (Lipinski definition) is 21. The van der Waals surface area contributed by atoms with E-state index in [0.717, 1.165) is 0 Å². The monoisotopic (exact) mass is 1200 g/mol. The molecule has 84 heavy (non-hydrogen) atoms. The number of hydrogen-bond acceptors (Lipinski definition) is 17. The molecule has 9 atom stereocenters. The second-order valence-electron chi connectivity index (χ2n) is 20.4. The number of rotatable bonds is 43. The van der Waals surface area contributed by atoms with Gasteiger partial charge < -0.3 is 116 Å². The summed E-state index contributed by atoms with van der Waals surface area (Å²) >= 11 is 0. The molecule has 0 aliphatic rings. The molecule has 10 amide bonds. The third kappa shape index (κ3) is 32.9. The highest BCUT2D eigenvalue weighted by molar-refractivity contribution is 5.99. The molecule has 0 aliphatic heterocycles. The summed E-state index contributed by atoms with van der Waals surface area (Å²) in [4.78, 5) is 151. The van der Waals surface area contributed by atoms with Crippen molar-refractivity contribution in [1.82, 2.24) is 47.9 Å². The normalized spacial score (nSPS) is 14.2. The van der Waals surface area contributed by atoms with Crippen LogP contribution < -0.4 is 111 Å². The van der Waals surface area contributed by atoms with E-state index in [1.807, 2.05) is 0 Å². The Kier molecular flexibility index (Phi) is 36.7. The fourth-order valence-corrected chi connectivity index (χ4v) is 7.83. The first-order valence-electron chi connectivity index (χ1n) is 27.7. The molecule has 0 fully saturated rings. The van der Waals surface area contributed by atoms with Gasteiger partial charge in [0, 0.05) is 33.1 Å². The molecule has 0 saturated carbocycles. The quantitative estimate of drug-likeness (QED) is 0.0153. The molecule has 35 heteroatoms. The molecule has 35 nitrogen and oxygen atoms in total. The predicted molar refractivity (Wildman–Crippen MR) is 315 cm³/mol. The van der Waals surface area contributed by atoms with Crippen molar-refractivity contribution in [3.05, 3.63) is 0 Å². The Labute approximate surface area is 489 Å². The van der Waals surface area contributed by atoms with Crippen LogP contribution in [-0.2, 0) is 47.9 Å². The maximum absolute atomic E-state index is 14.4. The van der Waals surface area contributed by atoms with Crippen molar-refractivity contribution in [1.29, 1.82) is 0 Å². The average molecular weight is 1200 g/mol. The number of carbonyl (C=O) groups excluding carboxylic acids is 10. The van der Waals surface area contributed by atoms with E-state index >= 15 is 0 Å². The Morgan fingerprint density at radius 1 is 0.405 bits per heavy atom. The first kappa shape index (κ1) is 75.7. The predicted octanol–water partition coefficient (Wildman–Crippen LogP) is -8.86. The van der Waals surface area contributed by atoms with Crippen molar-refractivity contribution in [3.63, 3.8) is 0 Å². The Morgan fingerprint density at radius 3 is 1.02 bits per heavy atom. The Hall–Kier alpha value is -8.34. The maximum Gasteiger partial charge on any atom is 0.245 e. The van der Waals surface area contributed by atoms with Gasteiger partial charge in [0.2, 0.25) is 59.1 Å². The minimum absolute atomic E-state index is 0.00282. The number of nitrogens with zero attached hydrogens (tertiary/aromatic N) is 4. The topological polar surface area (TPSA) is 635 Å². The van der Waals surface area contributed by atoms with Gasteiger partial charge in [0.25, 0.3) is 0 Å². The molecule has 0 spiro atoms. The SMILES string of the molecule is CC(=O)N[C@@H](CCCN=C(N)N)C(=O)N[C@@H](C)C(=O)N[C@@H](CCCN=C(N)N)C(=O)NC(C)(C)C(=O)N[C@@H](CCCN=C(N)N)C(=O)N[C@@H](CCCCN)C(=O)N[C@@H](CCCCN)C(=O)N[C@@H](CCCN=C(N)N)C(=O)N[C@H](C(N)=O)[C@@H](C)O. The molecule has 0 aromatic rings. The van der Waals surface area contributed by atoms with Crippen molar-refractivity contribution >= 4 is 82.9 Å². The van der Waals surface area contributed by atoms with E-state index in [4.69, 9.17) is 63.1 Å². The summed E-state index contributed by atoms with van der Waals surface area (Å²) in [7, 11) is 0. The van der Waals surface area contributed by atoms with Gasteiger partial charge in [-0.15, -0.1) is 0 Å². The summed E-state index contributed by atoms with van der Waals surface area (Å²) in [6, 6.07) is -10.7. The minimum Gasteiger partial charge on any atom is -0.391 e. The third-order valence-electron chi connectivity index (χ3n) is 12.4. The van der Waals surface area contributed by atoms with E-state index in [1.165, 1.54) is 34.6 Å². The summed E-state index contributed by atoms with van der Waals surface area (Å²) in [5, 5.41) is 33.3. The minimum atomic E-state index is -1.83. The van der Waals surface area contributed by atoms with Crippen LogP contribution in [0.5, 0.6) is 0 Å². The number of nitrogens with two attached hydrogens (primary N) is 11. The van der Waals surface area contributed by atoms with E-state index in [-0.39, 0.29) is 121 Å². The molecular weight excluding hydrogens is 1100 g/mol. The van der Waals surface area contributed by atoms with Crippen LogP contribution in [0.2, 0.25) is 0 Å². The fourth-order valence-electron chi connectivity index (χ4n) is 7.83. The lowest BCUT2D eigenvalue weighted by Gasteiger charge is -2.31. The first-order valence-corrected chi connectivity index (χ1v) is 27.7. The Morgan fingerprint density at radius 2 is 0.702 bits per heavy atom. The molecule has 0 aromatic heterocycles. The lowest BCUT2D eigenvalue weighted by atomic mass is 10.00. The summed E-state index contributed by atoms with van der Waals surface area (Å²) in [6.45, 7) is 7.12. The zero-order chi connectivity index (χ0) is 64.1. The molecule has 0 unspecified atom stereocenters. The van der Waals surface area contributed by atoms with Crippen LogP contribution in [-0.4, -0.2) is 187 Å². The highest BCUT2D eigenvalue weighted by Crippen LogP contribution is 2.12. The van der Waals surface area contributed by atoms with Gasteiger partial charge >= 0.3 is 0 Å². The van der Waals surface area contributed by atoms with Gasteiger partial charge in [-0.3, -0.25) is 67.9 Å². The van der Waals surface area contributed by atoms with Gasteiger partial charge in [-0.25, -0.2) is 0 Å². The fraction of sp³-hybridized carbons (Fsp3) is 0.714. The number of aliphatic hydroxyl groups excluding tert-OH is 1. The van der Waals surface area contributed by atoms with Crippen molar-refractivity contribution in [2.45, 2.75) is 184 Å². The molecular formula is C49H96N24O11. The van der Waals surface area contributed by atoms with Gasteiger partial charge in [0.15, 0.2) is 23.8 Å². The average Bonchev–Trinajstić information content (AvgIpc) is 3.42. The smallest absolute Gasteiger partial charge is 0.245 e. The van der Waals surface area contributed by atoms with Gasteiger partial charge in [-0.1, -0.05) is 0 Å². The molecule has 32 N–H and O–H groups in total. The number of aliphatic hydroxyl groups is 1. The van der Waals surface area contributed by atoms with Gasteiger partial charge in [-0.2, -0.15) is 0 Å². The molecule has 0 bridgehead atoms. The van der Waals surface area contributed by atoms with Crippen LogP contribution in [0.25, 0.3) is 0 Å². The number of guanidine groups is 4. The number of nitrogens with one attached hydrogen (secondary N) is 9. The van der Waals surface area contributed by atoms with Crippen molar-refractivity contribution in [2.75, 3.05) is 39.3 Å². The number of aliphatic imine (C=N–C) groups is 4. The zero-order valence-electron chi connectivity index (χ0n) is 49.0. The van der Waals surface area contributed by atoms with Gasteiger partial charge in [0.05, 0.1) is 6.10 Å². The molecule has 0 heterocycles. The maximum atomic E-state index is 14.4. The molecule has 0 saturated heterocycles. The third-order valence-corrected chi connectivity index (χ3v) is 12.4. The second kappa shape index (κ2) is 40.8. The standard InChI is InChI=1S/C49H96N24O11/c1-26(65-38(78)29(66-28(3)75)16-10-22-61-45(53)54)37(77)67-34(19-13-25-64-48(59)60)43(83)73-49(4,5)44(84)71-33(18-12-24-63-47(57)58)41(81)69-31(15-7-9-21-51)39(79)68-30(14-6-8-20-50)40(80)70-32(17-11-23-62-46(55)56)42(82)72-35(27(2)74)36(52)76/h26-27,29-35,74H,6-25,50-51H2,1-5H3,(H2,52,76)(H,65,78)(H,66,75)(H,67,77)(H,68,79)(H,69,81)(H,70,80)(H,71,84)(H,72,82)(H,73,83)(H4,53,54,61)(H4,55,56,62)(H4,57,58,63)(H4,59,60,64)/t26-,27+,29-,30-,31-,32-,33-,34-,35-/m0/s1. The molecule has 0 rings (SSSR count). The Balaban J connectivity index is 6.92. The number of amides is 10. The second-order valence-corrected chi connectivity index (χ2v) is 20.4. The summed E-state index contributed by atoms with van der Waals surface area (Å²) in [6.07, 6.45) is 0.555. The summed E-state index contributed by atoms with van der Waals surface area (Å²) in [5.74, 6) is -9.19. The molecule has 478 valence electrons. The van der Waals surface area contributed by atoms with Crippen LogP contribution in [0, 0.1) is 0 Å². The lowest BCUT2D eigenvalue weighted by molar-refractivity contribution is -0.137. The van der Waals surface area contributed by atoms with Gasteiger partial charge in [-0.05, 0) is 131 Å². The number of unbranched alkanes of at least 4 members (excludes halogenated alkanes) is 2. The molecule has 0 aromatic carbocycles. The van der Waals surface area contributed by atoms with E-state index in [1.54, 1.807) is 0 Å². The van der Waals surface area contributed by atoms with Crippen LogP contribution in [0.15, 0.2) is 20.0 Å². The summed E-state index contributed by atoms with van der Waals surface area (Å²) in [5.41, 5.74) is 58.8. The summed E-state index contributed by atoms with van der Waals surface area (Å²) < 4.78 is 0. The highest BCUT2D eigenvalue weighted by Gasteiger charge is 2.37. The number of carbonyl (C=O) groups is 10. The van der Waals surface area contributed by atoms with Gasteiger partial charge in [0.1, 0.15) is 53.9 Å². The largest absolute Gasteiger partial charge is 0.391 e. The van der Waals surface area contributed by atoms with Crippen LogP contribution in [0.3, 0.4) is 0 Å². The van der Waals surface area contributed by atoms with Crippen molar-refractivity contribution < 1.29 is 53.1 Å². The Bertz CT molecular complexity index is 2270. The molecule has 0 aliphatic carbocycles. The molecule has 0 radical (unpaired) electrons. The van der Waals surface area contributed by atoms with Crippen molar-refractivity contribution in [3.8, 4) is 0 Å². The van der Waals surface area contributed by atoms with E-state index in [9.17, 15) is 53.1 Å². The number of primary amides is 1. The lowest BCUT2D eigenvalue weighted by Crippen LogP contribution is -2.63. The highest BCUT2D eigenvalue weighted by atomic mass is 16.3. The first-order chi connectivity index (χ1) is 39.4. The van der Waals surface area contributed by atoms with Crippen LogP contribution in [0.4, 0.5) is 0 Å². The van der Waals surface area contributed by atoms with E-state index in [2.05, 4.69) is 67.8 Å².